The summed E-state index contributed by atoms with van der Waals surface area (Å²) in [7, 11) is 0. The minimum Gasteiger partial charge on any atom is -0.399 e. The standard InChI is InChI=1S/C15H14N4OS/c16-11-6-10(7-12(17)8-11)15-18-14(19-20-15)9-21-13-4-2-1-3-5-13/h1-8H,9,16-17H2. The first-order chi connectivity index (χ1) is 10.2. The molecule has 3 rings (SSSR count). The molecule has 0 spiro atoms. The molecule has 0 radical (unpaired) electrons. The highest BCUT2D eigenvalue weighted by Crippen LogP contribution is 2.25. The zero-order valence-electron chi connectivity index (χ0n) is 11.2. The van der Waals surface area contributed by atoms with Gasteiger partial charge in [0, 0.05) is 21.8 Å². The van der Waals surface area contributed by atoms with Gasteiger partial charge >= 0.3 is 0 Å². The summed E-state index contributed by atoms with van der Waals surface area (Å²) in [4.78, 5) is 5.53. The van der Waals surface area contributed by atoms with Crippen molar-refractivity contribution in [3.63, 3.8) is 0 Å². The van der Waals surface area contributed by atoms with Crippen molar-refractivity contribution in [2.24, 2.45) is 0 Å². The van der Waals surface area contributed by atoms with Crippen LogP contribution >= 0.6 is 11.8 Å². The SMILES string of the molecule is Nc1cc(N)cc(-c2nc(CSc3ccccc3)no2)c1. The summed E-state index contributed by atoms with van der Waals surface area (Å²) in [5.41, 5.74) is 13.4. The second-order valence-electron chi connectivity index (χ2n) is 4.51. The molecule has 5 nitrogen and oxygen atoms in total. The highest BCUT2D eigenvalue weighted by atomic mass is 32.2. The van der Waals surface area contributed by atoms with Crippen LogP contribution in [-0.4, -0.2) is 10.1 Å². The minimum atomic E-state index is 0.428. The number of anilines is 2. The van der Waals surface area contributed by atoms with Crippen LogP contribution in [0.3, 0.4) is 0 Å². The van der Waals surface area contributed by atoms with E-state index in [1.807, 2.05) is 30.3 Å². The molecule has 0 atom stereocenters. The molecule has 0 saturated carbocycles. The first kappa shape index (κ1) is 13.5. The minimum absolute atomic E-state index is 0.428. The quantitative estimate of drug-likeness (QED) is 0.568. The van der Waals surface area contributed by atoms with Gasteiger partial charge in [0.05, 0.1) is 5.75 Å². The van der Waals surface area contributed by atoms with E-state index in [1.165, 1.54) is 0 Å². The molecular weight excluding hydrogens is 284 g/mol. The fourth-order valence-corrected chi connectivity index (χ4v) is 2.66. The summed E-state index contributed by atoms with van der Waals surface area (Å²) in [5, 5.41) is 3.98. The number of hydrogen-bond donors (Lipinski definition) is 2. The first-order valence-corrected chi connectivity index (χ1v) is 7.36. The molecule has 0 bridgehead atoms. The summed E-state index contributed by atoms with van der Waals surface area (Å²) in [6, 6.07) is 15.3. The Balaban J connectivity index is 1.74. The topological polar surface area (TPSA) is 91.0 Å². The zero-order chi connectivity index (χ0) is 14.7. The van der Waals surface area contributed by atoms with Gasteiger partial charge in [0.1, 0.15) is 0 Å². The molecule has 1 aromatic heterocycles. The van der Waals surface area contributed by atoms with Crippen LogP contribution in [0, 0.1) is 0 Å². The summed E-state index contributed by atoms with van der Waals surface area (Å²) < 4.78 is 5.26. The summed E-state index contributed by atoms with van der Waals surface area (Å²) in [6.45, 7) is 0. The second kappa shape index (κ2) is 5.88. The third-order valence-electron chi connectivity index (χ3n) is 2.80. The maximum atomic E-state index is 5.76. The van der Waals surface area contributed by atoms with Crippen LogP contribution in [0.15, 0.2) is 57.9 Å². The maximum absolute atomic E-state index is 5.76. The molecule has 1 heterocycles. The molecule has 106 valence electrons. The lowest BCUT2D eigenvalue weighted by molar-refractivity contribution is 0.425. The van der Waals surface area contributed by atoms with E-state index in [4.69, 9.17) is 16.0 Å². The summed E-state index contributed by atoms with van der Waals surface area (Å²) in [5.74, 6) is 1.71. The van der Waals surface area contributed by atoms with Crippen LogP contribution in [-0.2, 0) is 5.75 Å². The Labute approximate surface area is 126 Å². The van der Waals surface area contributed by atoms with Crippen molar-refractivity contribution in [2.45, 2.75) is 10.6 Å². The van der Waals surface area contributed by atoms with E-state index in [-0.39, 0.29) is 0 Å². The van der Waals surface area contributed by atoms with Crippen LogP contribution in [0.2, 0.25) is 0 Å². The third kappa shape index (κ3) is 3.35. The largest absolute Gasteiger partial charge is 0.399 e. The van der Waals surface area contributed by atoms with Crippen molar-refractivity contribution < 1.29 is 4.52 Å². The van der Waals surface area contributed by atoms with Crippen molar-refractivity contribution in [3.8, 4) is 11.5 Å². The van der Waals surface area contributed by atoms with E-state index in [9.17, 15) is 0 Å². The molecule has 3 aromatic rings. The summed E-state index contributed by atoms with van der Waals surface area (Å²) >= 11 is 1.65. The molecule has 0 aliphatic heterocycles. The molecular formula is C15H14N4OS. The van der Waals surface area contributed by atoms with Gasteiger partial charge in [-0.1, -0.05) is 23.4 Å². The van der Waals surface area contributed by atoms with E-state index in [0.717, 1.165) is 10.5 Å². The summed E-state index contributed by atoms with van der Waals surface area (Å²) in [6.07, 6.45) is 0. The maximum Gasteiger partial charge on any atom is 0.258 e. The van der Waals surface area contributed by atoms with Gasteiger partial charge in [0.2, 0.25) is 0 Å². The molecule has 6 heteroatoms. The predicted octanol–water partition coefficient (Wildman–Crippen LogP) is 3.19. The lowest BCUT2D eigenvalue weighted by atomic mass is 10.2. The Morgan fingerprint density at radius 1 is 1.00 bits per heavy atom. The van der Waals surface area contributed by atoms with Crippen LogP contribution in [0.1, 0.15) is 5.82 Å². The predicted molar refractivity (Wildman–Crippen MR) is 84.6 cm³/mol. The Morgan fingerprint density at radius 3 is 2.43 bits per heavy atom. The fraction of sp³-hybridized carbons (Fsp3) is 0.0667. The van der Waals surface area contributed by atoms with E-state index >= 15 is 0 Å². The van der Waals surface area contributed by atoms with Crippen LogP contribution in [0.4, 0.5) is 11.4 Å². The Bertz CT molecular complexity index is 722. The molecule has 2 aromatic carbocycles. The Hall–Kier alpha value is -2.47. The molecule has 21 heavy (non-hydrogen) atoms. The van der Waals surface area contributed by atoms with Crippen molar-refractivity contribution in [2.75, 3.05) is 11.5 Å². The molecule has 4 N–H and O–H groups in total. The van der Waals surface area contributed by atoms with E-state index in [1.54, 1.807) is 30.0 Å². The zero-order valence-corrected chi connectivity index (χ0v) is 12.0. The number of nitrogen functional groups attached to an aromatic ring is 2. The molecule has 0 amide bonds. The average molecular weight is 298 g/mol. The highest BCUT2D eigenvalue weighted by molar-refractivity contribution is 7.98. The van der Waals surface area contributed by atoms with Crippen molar-refractivity contribution >= 4 is 23.1 Å². The van der Waals surface area contributed by atoms with Crippen molar-refractivity contribution in [1.29, 1.82) is 0 Å². The molecule has 0 aliphatic carbocycles. The number of thioether (sulfide) groups is 1. The number of benzene rings is 2. The normalized spacial score (nSPS) is 10.7. The van der Waals surface area contributed by atoms with Gasteiger partial charge in [-0.2, -0.15) is 4.98 Å². The molecule has 0 unspecified atom stereocenters. The van der Waals surface area contributed by atoms with E-state index in [2.05, 4.69) is 10.1 Å². The van der Waals surface area contributed by atoms with Gasteiger partial charge in [-0.3, -0.25) is 0 Å². The van der Waals surface area contributed by atoms with E-state index < -0.39 is 0 Å². The van der Waals surface area contributed by atoms with Crippen LogP contribution in [0.5, 0.6) is 0 Å². The highest BCUT2D eigenvalue weighted by Gasteiger charge is 2.10. The van der Waals surface area contributed by atoms with Gasteiger partial charge in [-0.15, -0.1) is 11.8 Å². The average Bonchev–Trinajstić information content (AvgIpc) is 2.94. The van der Waals surface area contributed by atoms with Crippen LogP contribution in [0.25, 0.3) is 11.5 Å². The Kier molecular flexibility index (Phi) is 3.79. The van der Waals surface area contributed by atoms with Gasteiger partial charge in [-0.05, 0) is 30.3 Å². The molecule has 0 aliphatic rings. The number of nitrogens with zero attached hydrogens (tertiary/aromatic N) is 2. The van der Waals surface area contributed by atoms with Crippen molar-refractivity contribution in [3.05, 3.63) is 54.4 Å². The van der Waals surface area contributed by atoms with Gasteiger partial charge in [-0.25, -0.2) is 0 Å². The number of nitrogens with two attached hydrogens (primary N) is 2. The fourth-order valence-electron chi connectivity index (χ4n) is 1.89. The molecule has 0 saturated heterocycles. The van der Waals surface area contributed by atoms with Gasteiger partial charge in [0.25, 0.3) is 5.89 Å². The number of aromatic nitrogens is 2. The number of rotatable bonds is 4. The monoisotopic (exact) mass is 298 g/mol. The smallest absolute Gasteiger partial charge is 0.258 e. The van der Waals surface area contributed by atoms with Gasteiger partial charge in [0.15, 0.2) is 5.82 Å². The van der Waals surface area contributed by atoms with Gasteiger partial charge < -0.3 is 16.0 Å². The van der Waals surface area contributed by atoms with Crippen molar-refractivity contribution in [1.82, 2.24) is 10.1 Å². The van der Waals surface area contributed by atoms with E-state index in [0.29, 0.717) is 28.8 Å². The first-order valence-electron chi connectivity index (χ1n) is 6.37. The lowest BCUT2D eigenvalue weighted by Gasteiger charge is -1.99. The van der Waals surface area contributed by atoms with Crippen LogP contribution < -0.4 is 11.5 Å². The lowest BCUT2D eigenvalue weighted by Crippen LogP contribution is -1.91. The second-order valence-corrected chi connectivity index (χ2v) is 5.55. The third-order valence-corrected chi connectivity index (χ3v) is 3.81. The molecule has 0 fully saturated rings. The number of hydrogen-bond acceptors (Lipinski definition) is 6. The Morgan fingerprint density at radius 2 is 1.71 bits per heavy atom.